The first kappa shape index (κ1) is 9.84. The van der Waals surface area contributed by atoms with Crippen molar-refractivity contribution in [3.8, 4) is 11.3 Å². The quantitative estimate of drug-likeness (QED) is 0.409. The van der Waals surface area contributed by atoms with Crippen molar-refractivity contribution in [2.75, 3.05) is 0 Å². The second-order valence-corrected chi connectivity index (χ2v) is 5.04. The summed E-state index contributed by atoms with van der Waals surface area (Å²) in [5.41, 5.74) is 5.53. The van der Waals surface area contributed by atoms with E-state index in [4.69, 9.17) is 0 Å². The molecule has 0 N–H and O–H groups in total. The number of rotatable bonds is 0. The molecular formula is C17H14N+. The first-order valence-corrected chi connectivity index (χ1v) is 6.34. The van der Waals surface area contributed by atoms with Gasteiger partial charge in [-0.1, -0.05) is 29.8 Å². The Bertz CT molecular complexity index is 772. The number of fused-ring (bicyclic) bond motifs is 5. The molecule has 2 heterocycles. The number of aryl methyl sites for hydroxylation is 1. The van der Waals surface area contributed by atoms with Crippen molar-refractivity contribution in [2.24, 2.45) is 0 Å². The summed E-state index contributed by atoms with van der Waals surface area (Å²) in [5.74, 6) is 0. The fourth-order valence-corrected chi connectivity index (χ4v) is 2.96. The maximum Gasteiger partial charge on any atom is 0.221 e. The molecule has 1 nitrogen and oxygen atoms in total. The van der Waals surface area contributed by atoms with E-state index in [9.17, 15) is 0 Å². The Morgan fingerprint density at radius 2 is 1.89 bits per heavy atom. The highest BCUT2D eigenvalue weighted by Crippen LogP contribution is 2.32. The third-order valence-electron chi connectivity index (χ3n) is 3.79. The summed E-state index contributed by atoms with van der Waals surface area (Å²) in [6, 6.07) is 17.6. The molecule has 86 valence electrons. The van der Waals surface area contributed by atoms with Crippen molar-refractivity contribution in [3.05, 3.63) is 65.9 Å². The van der Waals surface area contributed by atoms with Crippen LogP contribution < -0.4 is 4.57 Å². The summed E-state index contributed by atoms with van der Waals surface area (Å²) in [6.07, 6.45) is 2.20. The smallest absolute Gasteiger partial charge is 0.193 e. The minimum atomic E-state index is 0.997. The van der Waals surface area contributed by atoms with E-state index in [1.807, 2.05) is 0 Å². The molecule has 0 fully saturated rings. The topological polar surface area (TPSA) is 3.88 Å². The van der Waals surface area contributed by atoms with Crippen molar-refractivity contribution in [2.45, 2.75) is 13.5 Å². The van der Waals surface area contributed by atoms with E-state index in [1.165, 1.54) is 33.2 Å². The predicted molar refractivity (Wildman–Crippen MR) is 73.4 cm³/mol. The number of pyridine rings is 1. The zero-order chi connectivity index (χ0) is 12.1. The Kier molecular flexibility index (Phi) is 1.87. The lowest BCUT2D eigenvalue weighted by Gasteiger charge is -2.00. The van der Waals surface area contributed by atoms with Crippen molar-refractivity contribution >= 4 is 10.8 Å². The molecule has 0 saturated heterocycles. The highest BCUT2D eigenvalue weighted by molar-refractivity contribution is 5.94. The summed E-state index contributed by atoms with van der Waals surface area (Å²) < 4.78 is 2.35. The van der Waals surface area contributed by atoms with Gasteiger partial charge in [-0.3, -0.25) is 0 Å². The molecule has 0 saturated carbocycles. The normalized spacial score (nSPS) is 12.5. The third-order valence-corrected chi connectivity index (χ3v) is 3.79. The molecule has 4 rings (SSSR count). The Labute approximate surface area is 106 Å². The predicted octanol–water partition coefficient (Wildman–Crippen LogP) is 3.46. The van der Waals surface area contributed by atoms with Gasteiger partial charge in [0.1, 0.15) is 0 Å². The van der Waals surface area contributed by atoms with Crippen LogP contribution in [-0.4, -0.2) is 0 Å². The number of hydrogen-bond donors (Lipinski definition) is 0. The van der Waals surface area contributed by atoms with E-state index in [-0.39, 0.29) is 0 Å². The van der Waals surface area contributed by atoms with Crippen LogP contribution in [0, 0.1) is 6.92 Å². The fourth-order valence-electron chi connectivity index (χ4n) is 2.96. The van der Waals surface area contributed by atoms with E-state index in [0.717, 1.165) is 6.54 Å². The van der Waals surface area contributed by atoms with Gasteiger partial charge in [-0.15, -0.1) is 0 Å². The van der Waals surface area contributed by atoms with Crippen LogP contribution in [0.4, 0.5) is 0 Å². The van der Waals surface area contributed by atoms with Crippen LogP contribution in [0.3, 0.4) is 0 Å². The molecule has 0 amide bonds. The Hall–Kier alpha value is -2.15. The standard InChI is InChI=1S/C17H14N/c1-12-6-7-16-14(10-12)11-18-9-8-13-4-2-3-5-15(13)17(16)18/h2-10H,11H2,1H3/q+1. The van der Waals surface area contributed by atoms with Crippen molar-refractivity contribution in [1.82, 2.24) is 0 Å². The van der Waals surface area contributed by atoms with Gasteiger partial charge in [0.2, 0.25) is 5.69 Å². The molecule has 0 aliphatic carbocycles. The van der Waals surface area contributed by atoms with Crippen LogP contribution >= 0.6 is 0 Å². The maximum atomic E-state index is 2.35. The van der Waals surface area contributed by atoms with Gasteiger partial charge in [-0.25, -0.2) is 0 Å². The number of aromatic nitrogens is 1. The number of hydrogen-bond acceptors (Lipinski definition) is 0. The Morgan fingerprint density at radius 3 is 2.83 bits per heavy atom. The third kappa shape index (κ3) is 1.25. The lowest BCUT2D eigenvalue weighted by Crippen LogP contribution is -2.31. The molecule has 0 spiro atoms. The average molecular weight is 232 g/mol. The van der Waals surface area contributed by atoms with E-state index in [1.54, 1.807) is 0 Å². The molecule has 1 aromatic heterocycles. The zero-order valence-electron chi connectivity index (χ0n) is 10.4. The Morgan fingerprint density at radius 1 is 1.00 bits per heavy atom. The summed E-state index contributed by atoms with van der Waals surface area (Å²) in [7, 11) is 0. The van der Waals surface area contributed by atoms with E-state index in [2.05, 4.69) is 66.2 Å². The molecule has 1 aliphatic heterocycles. The molecule has 1 heteroatoms. The second kappa shape index (κ2) is 3.42. The molecule has 0 radical (unpaired) electrons. The van der Waals surface area contributed by atoms with Crippen LogP contribution in [0.2, 0.25) is 0 Å². The monoisotopic (exact) mass is 232 g/mol. The van der Waals surface area contributed by atoms with Gasteiger partial charge in [0.25, 0.3) is 0 Å². The minimum absolute atomic E-state index is 0.997. The molecule has 0 unspecified atom stereocenters. The first-order chi connectivity index (χ1) is 8.83. The van der Waals surface area contributed by atoms with Gasteiger partial charge in [-0.2, -0.15) is 4.57 Å². The van der Waals surface area contributed by atoms with Crippen LogP contribution in [0.1, 0.15) is 11.1 Å². The van der Waals surface area contributed by atoms with Crippen LogP contribution in [0.15, 0.2) is 54.7 Å². The summed E-state index contributed by atoms with van der Waals surface area (Å²) >= 11 is 0. The highest BCUT2D eigenvalue weighted by Gasteiger charge is 2.27. The van der Waals surface area contributed by atoms with E-state index < -0.39 is 0 Å². The maximum absolute atomic E-state index is 2.35. The summed E-state index contributed by atoms with van der Waals surface area (Å²) in [6.45, 7) is 3.16. The molecular weight excluding hydrogens is 218 g/mol. The molecule has 3 aromatic rings. The van der Waals surface area contributed by atoms with Gasteiger partial charge >= 0.3 is 0 Å². The SMILES string of the molecule is Cc1ccc2c(c1)C[n+]1ccc3ccccc3c1-2. The first-order valence-electron chi connectivity index (χ1n) is 6.34. The lowest BCUT2D eigenvalue weighted by molar-refractivity contribution is -0.671. The number of nitrogens with zero attached hydrogens (tertiary/aromatic N) is 1. The lowest BCUT2D eigenvalue weighted by atomic mass is 10.0. The van der Waals surface area contributed by atoms with Gasteiger partial charge in [0.15, 0.2) is 12.7 Å². The van der Waals surface area contributed by atoms with Crippen molar-refractivity contribution < 1.29 is 4.57 Å². The van der Waals surface area contributed by atoms with Crippen LogP contribution in [-0.2, 0) is 6.54 Å². The fraction of sp³-hybridized carbons (Fsp3) is 0.118. The summed E-state index contributed by atoms with van der Waals surface area (Å²) in [5, 5.41) is 2.67. The zero-order valence-corrected chi connectivity index (χ0v) is 10.4. The minimum Gasteiger partial charge on any atom is -0.193 e. The Balaban J connectivity index is 2.12. The largest absolute Gasteiger partial charge is 0.221 e. The van der Waals surface area contributed by atoms with Gasteiger partial charge < -0.3 is 0 Å². The van der Waals surface area contributed by atoms with E-state index >= 15 is 0 Å². The number of benzene rings is 2. The average Bonchev–Trinajstić information content (AvgIpc) is 2.76. The van der Waals surface area contributed by atoms with Crippen LogP contribution in [0.25, 0.3) is 22.0 Å². The molecule has 0 bridgehead atoms. The molecule has 18 heavy (non-hydrogen) atoms. The highest BCUT2D eigenvalue weighted by atomic mass is 15.0. The van der Waals surface area contributed by atoms with Crippen molar-refractivity contribution in [1.29, 1.82) is 0 Å². The van der Waals surface area contributed by atoms with E-state index in [0.29, 0.717) is 0 Å². The van der Waals surface area contributed by atoms with Gasteiger partial charge in [-0.05, 0) is 30.5 Å². The van der Waals surface area contributed by atoms with Gasteiger partial charge in [0, 0.05) is 11.6 Å². The van der Waals surface area contributed by atoms with Gasteiger partial charge in [0.05, 0.1) is 10.9 Å². The van der Waals surface area contributed by atoms with Crippen LogP contribution in [0.5, 0.6) is 0 Å². The van der Waals surface area contributed by atoms with Crippen molar-refractivity contribution in [3.63, 3.8) is 0 Å². The molecule has 1 aliphatic rings. The molecule has 2 aromatic carbocycles. The summed E-state index contributed by atoms with van der Waals surface area (Å²) in [4.78, 5) is 0. The molecule has 0 atom stereocenters. The second-order valence-electron chi connectivity index (χ2n) is 5.04.